The molecule has 0 aliphatic carbocycles. The maximum atomic E-state index is 13.5. The molecule has 0 saturated carbocycles. The quantitative estimate of drug-likeness (QED) is 0.564. The lowest BCUT2D eigenvalue weighted by molar-refractivity contribution is 0.0630. The smallest absolute Gasteiger partial charge is 0.280 e. The number of aryl methyl sites for hydroxylation is 1. The molecule has 1 aliphatic rings. The van der Waals surface area contributed by atoms with E-state index in [0.717, 1.165) is 36.2 Å². The fourth-order valence-corrected chi connectivity index (χ4v) is 4.87. The SMILES string of the molecule is Cc1cc(NC(C)C)ncc1-c1sc(C(=O)NCC(C)(C)O)nc1C(=O)N1CCCC[C@@H]1C. The van der Waals surface area contributed by atoms with Gasteiger partial charge in [-0.25, -0.2) is 9.97 Å². The summed E-state index contributed by atoms with van der Waals surface area (Å²) < 4.78 is 0. The van der Waals surface area contributed by atoms with Crippen molar-refractivity contribution in [1.29, 1.82) is 0 Å². The van der Waals surface area contributed by atoms with Crippen LogP contribution in [0.15, 0.2) is 12.3 Å². The van der Waals surface area contributed by atoms with Crippen LogP contribution in [0.25, 0.3) is 10.4 Å². The van der Waals surface area contributed by atoms with Gasteiger partial charge in [0.1, 0.15) is 11.5 Å². The first-order chi connectivity index (χ1) is 15.5. The number of nitrogens with zero attached hydrogens (tertiary/aromatic N) is 3. The van der Waals surface area contributed by atoms with E-state index in [4.69, 9.17) is 0 Å². The highest BCUT2D eigenvalue weighted by Crippen LogP contribution is 2.35. The highest BCUT2D eigenvalue weighted by atomic mass is 32.1. The van der Waals surface area contributed by atoms with Crippen LogP contribution in [0.1, 0.15) is 79.7 Å². The zero-order chi connectivity index (χ0) is 24.3. The topological polar surface area (TPSA) is 107 Å². The number of nitrogens with one attached hydrogen (secondary N) is 2. The second kappa shape index (κ2) is 10.2. The summed E-state index contributed by atoms with van der Waals surface area (Å²) in [6.45, 7) is 12.1. The minimum Gasteiger partial charge on any atom is -0.389 e. The summed E-state index contributed by atoms with van der Waals surface area (Å²) in [6, 6.07) is 2.32. The molecule has 0 radical (unpaired) electrons. The van der Waals surface area contributed by atoms with Crippen molar-refractivity contribution in [3.63, 3.8) is 0 Å². The first kappa shape index (κ1) is 25.1. The number of piperidine rings is 1. The number of hydrogen-bond donors (Lipinski definition) is 3. The number of pyridine rings is 1. The van der Waals surface area contributed by atoms with Crippen molar-refractivity contribution in [2.45, 2.75) is 78.5 Å². The van der Waals surface area contributed by atoms with Gasteiger partial charge >= 0.3 is 0 Å². The Hall–Kier alpha value is -2.52. The molecule has 0 aromatic carbocycles. The molecule has 1 saturated heterocycles. The van der Waals surface area contributed by atoms with E-state index in [9.17, 15) is 14.7 Å². The molecule has 2 aromatic heterocycles. The van der Waals surface area contributed by atoms with Gasteiger partial charge < -0.3 is 20.6 Å². The van der Waals surface area contributed by atoms with Gasteiger partial charge in [-0.15, -0.1) is 11.3 Å². The van der Waals surface area contributed by atoms with E-state index < -0.39 is 11.5 Å². The predicted octanol–water partition coefficient (Wildman–Crippen LogP) is 3.85. The lowest BCUT2D eigenvalue weighted by atomic mass is 10.0. The van der Waals surface area contributed by atoms with E-state index in [1.165, 1.54) is 11.3 Å². The van der Waals surface area contributed by atoms with Crippen LogP contribution in [-0.2, 0) is 0 Å². The molecule has 0 bridgehead atoms. The highest BCUT2D eigenvalue weighted by molar-refractivity contribution is 7.17. The van der Waals surface area contributed by atoms with E-state index in [1.807, 2.05) is 31.7 Å². The molecule has 180 valence electrons. The van der Waals surface area contributed by atoms with Crippen LogP contribution in [0, 0.1) is 6.92 Å². The highest BCUT2D eigenvalue weighted by Gasteiger charge is 2.31. The van der Waals surface area contributed by atoms with Gasteiger partial charge in [0.15, 0.2) is 5.01 Å². The zero-order valence-electron chi connectivity index (χ0n) is 20.4. The molecule has 8 nitrogen and oxygen atoms in total. The normalized spacial score (nSPS) is 16.7. The van der Waals surface area contributed by atoms with Gasteiger partial charge in [-0.2, -0.15) is 0 Å². The maximum absolute atomic E-state index is 13.5. The summed E-state index contributed by atoms with van der Waals surface area (Å²) in [6.07, 6.45) is 4.76. The Morgan fingerprint density at radius 3 is 2.67 bits per heavy atom. The van der Waals surface area contributed by atoms with Gasteiger partial charge in [0.25, 0.3) is 11.8 Å². The van der Waals surface area contributed by atoms with Crippen LogP contribution >= 0.6 is 11.3 Å². The van der Waals surface area contributed by atoms with E-state index in [0.29, 0.717) is 11.4 Å². The lowest BCUT2D eigenvalue weighted by Crippen LogP contribution is -2.42. The van der Waals surface area contributed by atoms with Gasteiger partial charge in [0.05, 0.1) is 10.5 Å². The molecule has 9 heteroatoms. The number of rotatable bonds is 7. The molecular formula is C24H35N5O3S. The number of anilines is 1. The molecule has 2 aromatic rings. The molecular weight excluding hydrogens is 438 g/mol. The molecule has 3 heterocycles. The number of likely N-dealkylation sites (tertiary alicyclic amines) is 1. The first-order valence-electron chi connectivity index (χ1n) is 11.5. The minimum atomic E-state index is -1.04. The molecule has 3 N–H and O–H groups in total. The number of amides is 2. The molecule has 33 heavy (non-hydrogen) atoms. The van der Waals surface area contributed by atoms with Crippen LogP contribution in [0.5, 0.6) is 0 Å². The maximum Gasteiger partial charge on any atom is 0.280 e. The number of thiazole rings is 1. The summed E-state index contributed by atoms with van der Waals surface area (Å²) in [5.74, 6) is 0.202. The Morgan fingerprint density at radius 1 is 1.33 bits per heavy atom. The molecule has 3 rings (SSSR count). The van der Waals surface area contributed by atoms with Crippen molar-refractivity contribution in [3.05, 3.63) is 28.5 Å². The fourth-order valence-electron chi connectivity index (χ4n) is 3.82. The Bertz CT molecular complexity index is 1010. The molecule has 1 aliphatic heterocycles. The molecule has 0 unspecified atom stereocenters. The Morgan fingerprint density at radius 2 is 2.06 bits per heavy atom. The minimum absolute atomic E-state index is 0.0866. The lowest BCUT2D eigenvalue weighted by Gasteiger charge is -2.33. The molecule has 1 atom stereocenters. The monoisotopic (exact) mass is 473 g/mol. The number of carbonyl (C=O) groups is 2. The first-order valence-corrected chi connectivity index (χ1v) is 12.3. The second-order valence-electron chi connectivity index (χ2n) is 9.72. The number of aromatic nitrogens is 2. The Balaban J connectivity index is 2.01. The van der Waals surface area contributed by atoms with E-state index in [2.05, 4.69) is 27.5 Å². The van der Waals surface area contributed by atoms with Crippen molar-refractivity contribution >= 4 is 29.0 Å². The van der Waals surface area contributed by atoms with Crippen molar-refractivity contribution in [2.75, 3.05) is 18.4 Å². The van der Waals surface area contributed by atoms with Gasteiger partial charge in [0, 0.05) is 36.9 Å². The Labute approximate surface area is 199 Å². The fraction of sp³-hybridized carbons (Fsp3) is 0.583. The van der Waals surface area contributed by atoms with E-state index in [1.54, 1.807) is 20.0 Å². The van der Waals surface area contributed by atoms with Crippen LogP contribution in [0.3, 0.4) is 0 Å². The third kappa shape index (κ3) is 6.29. The standard InChI is InChI=1S/C24H35N5O3S/c1-14(2)27-18-11-15(3)17(12-25-18)20-19(23(31)29-10-8-7-9-16(29)4)28-22(33-20)21(30)26-13-24(5,6)32/h11-12,14,16,32H,7-10,13H2,1-6H3,(H,25,27)(H,26,30)/t16-/m0/s1. The summed E-state index contributed by atoms with van der Waals surface area (Å²) >= 11 is 1.19. The largest absolute Gasteiger partial charge is 0.389 e. The van der Waals surface area contributed by atoms with E-state index >= 15 is 0 Å². The van der Waals surface area contributed by atoms with Crippen molar-refractivity contribution in [1.82, 2.24) is 20.2 Å². The van der Waals surface area contributed by atoms with Crippen molar-refractivity contribution in [2.24, 2.45) is 0 Å². The van der Waals surface area contributed by atoms with Gasteiger partial charge in [-0.1, -0.05) is 0 Å². The average Bonchev–Trinajstić information content (AvgIpc) is 3.16. The van der Waals surface area contributed by atoms with Gasteiger partial charge in [-0.3, -0.25) is 9.59 Å². The molecule has 2 amide bonds. The second-order valence-corrected chi connectivity index (χ2v) is 10.7. The third-order valence-corrected chi connectivity index (χ3v) is 6.65. The van der Waals surface area contributed by atoms with Crippen LogP contribution in [0.2, 0.25) is 0 Å². The summed E-state index contributed by atoms with van der Waals surface area (Å²) in [7, 11) is 0. The number of hydrogen-bond acceptors (Lipinski definition) is 7. The van der Waals surface area contributed by atoms with Crippen LogP contribution in [-0.4, -0.2) is 62.6 Å². The van der Waals surface area contributed by atoms with E-state index in [-0.39, 0.29) is 35.2 Å². The van der Waals surface area contributed by atoms with Gasteiger partial charge in [-0.05, 0) is 72.4 Å². The predicted molar refractivity (Wildman–Crippen MR) is 132 cm³/mol. The molecule has 1 fully saturated rings. The molecule has 0 spiro atoms. The van der Waals surface area contributed by atoms with Gasteiger partial charge in [0.2, 0.25) is 0 Å². The van der Waals surface area contributed by atoms with Crippen LogP contribution < -0.4 is 10.6 Å². The van der Waals surface area contributed by atoms with Crippen LogP contribution in [0.4, 0.5) is 5.82 Å². The summed E-state index contributed by atoms with van der Waals surface area (Å²) in [5, 5.41) is 16.2. The average molecular weight is 474 g/mol. The van der Waals surface area contributed by atoms with Crippen molar-refractivity contribution < 1.29 is 14.7 Å². The summed E-state index contributed by atoms with van der Waals surface area (Å²) in [4.78, 5) is 37.9. The third-order valence-electron chi connectivity index (χ3n) is 5.56. The number of aliphatic hydroxyl groups is 1. The Kier molecular flexibility index (Phi) is 7.74. The zero-order valence-corrected chi connectivity index (χ0v) is 21.2. The number of carbonyl (C=O) groups excluding carboxylic acids is 2. The summed E-state index contributed by atoms with van der Waals surface area (Å²) in [5.41, 5.74) is 0.978. The van der Waals surface area contributed by atoms with Crippen molar-refractivity contribution in [3.8, 4) is 10.4 Å².